The third kappa shape index (κ3) is 3.87. The standard InChI is InChI=1S/C18H23FN4O2/c1-18(2,16-4-3-13(19)9-21-16)17(25)22-14-7-12(8-15(14)24)10-23-6-5-20-11-23/h3-6,9,11-12,14-15,24H,7-8,10H2,1-2H3,(H,22,25)/t12?,14-,15-/m1/s1. The third-order valence-electron chi connectivity index (χ3n) is 4.91. The minimum Gasteiger partial charge on any atom is -0.391 e. The second kappa shape index (κ2) is 6.92. The lowest BCUT2D eigenvalue weighted by Gasteiger charge is -2.26. The molecule has 0 aromatic carbocycles. The average molecular weight is 346 g/mol. The van der Waals surface area contributed by atoms with Crippen LogP contribution in [0.2, 0.25) is 0 Å². The summed E-state index contributed by atoms with van der Waals surface area (Å²) in [6, 6.07) is 2.52. The fourth-order valence-electron chi connectivity index (χ4n) is 3.33. The Morgan fingerprint density at radius 2 is 2.24 bits per heavy atom. The van der Waals surface area contributed by atoms with Gasteiger partial charge in [-0.15, -0.1) is 0 Å². The van der Waals surface area contributed by atoms with Crippen molar-refractivity contribution >= 4 is 5.91 Å². The molecule has 1 aliphatic rings. The number of imidazole rings is 1. The Labute approximate surface area is 146 Å². The zero-order valence-corrected chi connectivity index (χ0v) is 14.4. The largest absolute Gasteiger partial charge is 0.391 e. The van der Waals surface area contributed by atoms with Crippen molar-refractivity contribution in [3.63, 3.8) is 0 Å². The number of aliphatic hydroxyl groups is 1. The van der Waals surface area contributed by atoms with Gasteiger partial charge in [-0.3, -0.25) is 9.78 Å². The number of halogens is 1. The van der Waals surface area contributed by atoms with Gasteiger partial charge in [0.1, 0.15) is 5.82 Å². The lowest BCUT2D eigenvalue weighted by Crippen LogP contribution is -2.48. The lowest BCUT2D eigenvalue weighted by atomic mass is 9.87. The van der Waals surface area contributed by atoms with Crippen molar-refractivity contribution in [2.75, 3.05) is 0 Å². The summed E-state index contributed by atoms with van der Waals surface area (Å²) in [6.45, 7) is 4.26. The maximum Gasteiger partial charge on any atom is 0.231 e. The Hall–Kier alpha value is -2.28. The van der Waals surface area contributed by atoms with Gasteiger partial charge in [-0.2, -0.15) is 0 Å². The molecule has 0 saturated heterocycles. The molecule has 0 aliphatic heterocycles. The Kier molecular flexibility index (Phi) is 4.85. The van der Waals surface area contributed by atoms with Crippen LogP contribution in [0, 0.1) is 11.7 Å². The van der Waals surface area contributed by atoms with Gasteiger partial charge < -0.3 is 15.0 Å². The molecule has 1 fully saturated rings. The number of hydrogen-bond donors (Lipinski definition) is 2. The maximum atomic E-state index is 13.1. The molecule has 2 aromatic rings. The van der Waals surface area contributed by atoms with E-state index < -0.39 is 17.3 Å². The van der Waals surface area contributed by atoms with Crippen LogP contribution in [-0.4, -0.2) is 37.7 Å². The number of amides is 1. The molecule has 3 rings (SSSR count). The van der Waals surface area contributed by atoms with Crippen LogP contribution in [0.1, 0.15) is 32.4 Å². The summed E-state index contributed by atoms with van der Waals surface area (Å²) in [5.74, 6) is -0.381. The van der Waals surface area contributed by atoms with E-state index in [4.69, 9.17) is 0 Å². The smallest absolute Gasteiger partial charge is 0.231 e. The molecule has 3 atom stereocenters. The zero-order valence-electron chi connectivity index (χ0n) is 14.4. The van der Waals surface area contributed by atoms with Gasteiger partial charge >= 0.3 is 0 Å². The van der Waals surface area contributed by atoms with Gasteiger partial charge in [0.05, 0.1) is 35.8 Å². The summed E-state index contributed by atoms with van der Waals surface area (Å²) < 4.78 is 15.0. The molecule has 0 radical (unpaired) electrons. The first-order valence-electron chi connectivity index (χ1n) is 8.43. The molecular formula is C18H23FN4O2. The molecule has 134 valence electrons. The molecule has 0 spiro atoms. The molecule has 7 heteroatoms. The molecule has 1 amide bonds. The Morgan fingerprint density at radius 1 is 1.44 bits per heavy atom. The molecule has 1 unspecified atom stereocenters. The van der Waals surface area contributed by atoms with Gasteiger partial charge in [0, 0.05) is 18.9 Å². The van der Waals surface area contributed by atoms with E-state index in [1.807, 2.05) is 10.8 Å². The number of hydrogen-bond acceptors (Lipinski definition) is 4. The number of aromatic nitrogens is 3. The molecule has 2 aromatic heterocycles. The molecule has 1 aliphatic carbocycles. The lowest BCUT2D eigenvalue weighted by molar-refractivity contribution is -0.127. The van der Waals surface area contributed by atoms with E-state index >= 15 is 0 Å². The summed E-state index contributed by atoms with van der Waals surface area (Å²) in [5.41, 5.74) is -0.413. The number of pyridine rings is 1. The maximum absolute atomic E-state index is 13.1. The molecule has 0 bridgehead atoms. The highest BCUT2D eigenvalue weighted by Crippen LogP contribution is 2.29. The Balaban J connectivity index is 1.62. The summed E-state index contributed by atoms with van der Waals surface area (Å²) in [5, 5.41) is 13.2. The fraction of sp³-hybridized carbons (Fsp3) is 0.500. The SMILES string of the molecule is CC(C)(C(=O)N[C@@H]1CC(Cn2ccnc2)C[C@H]1O)c1ccc(F)cn1. The highest BCUT2D eigenvalue weighted by molar-refractivity contribution is 5.87. The monoisotopic (exact) mass is 346 g/mol. The Morgan fingerprint density at radius 3 is 2.88 bits per heavy atom. The van der Waals surface area contributed by atoms with Crippen molar-refractivity contribution in [1.29, 1.82) is 0 Å². The Bertz CT molecular complexity index is 715. The molecule has 2 heterocycles. The van der Waals surface area contributed by atoms with E-state index in [0.717, 1.165) is 12.7 Å². The highest BCUT2D eigenvalue weighted by atomic mass is 19.1. The number of carbonyl (C=O) groups is 1. The minimum atomic E-state index is -0.907. The number of nitrogens with zero attached hydrogens (tertiary/aromatic N) is 3. The predicted molar refractivity (Wildman–Crippen MR) is 90.1 cm³/mol. The second-order valence-corrected chi connectivity index (χ2v) is 7.23. The summed E-state index contributed by atoms with van der Waals surface area (Å²) in [6.07, 6.45) is 7.24. The van der Waals surface area contributed by atoms with E-state index in [-0.39, 0.29) is 17.9 Å². The minimum absolute atomic E-state index is 0.223. The summed E-state index contributed by atoms with van der Waals surface area (Å²) in [4.78, 5) is 20.7. The first-order chi connectivity index (χ1) is 11.9. The van der Waals surface area contributed by atoms with Gasteiger partial charge in [-0.05, 0) is 44.7 Å². The van der Waals surface area contributed by atoms with Crippen molar-refractivity contribution < 1.29 is 14.3 Å². The first-order valence-corrected chi connectivity index (χ1v) is 8.43. The van der Waals surface area contributed by atoms with E-state index in [9.17, 15) is 14.3 Å². The van der Waals surface area contributed by atoms with E-state index in [1.165, 1.54) is 12.1 Å². The molecule has 2 N–H and O–H groups in total. The molecular weight excluding hydrogens is 323 g/mol. The second-order valence-electron chi connectivity index (χ2n) is 7.23. The third-order valence-corrected chi connectivity index (χ3v) is 4.91. The normalized spacial score (nSPS) is 23.6. The topological polar surface area (TPSA) is 80.0 Å². The summed E-state index contributed by atoms with van der Waals surface area (Å²) in [7, 11) is 0. The highest BCUT2D eigenvalue weighted by Gasteiger charge is 2.38. The first kappa shape index (κ1) is 17.5. The number of carbonyl (C=O) groups excluding carboxylic acids is 1. The molecule has 1 saturated carbocycles. The van der Waals surface area contributed by atoms with Crippen molar-refractivity contribution in [3.8, 4) is 0 Å². The summed E-state index contributed by atoms with van der Waals surface area (Å²) >= 11 is 0. The van der Waals surface area contributed by atoms with Gasteiger partial charge in [0.15, 0.2) is 0 Å². The van der Waals surface area contributed by atoms with Gasteiger partial charge in [-0.25, -0.2) is 9.37 Å². The predicted octanol–water partition coefficient (Wildman–Crippen LogP) is 1.65. The molecule has 6 nitrogen and oxygen atoms in total. The van der Waals surface area contributed by atoms with Crippen molar-refractivity contribution in [3.05, 3.63) is 48.6 Å². The zero-order chi connectivity index (χ0) is 18.0. The number of aliphatic hydroxyl groups excluding tert-OH is 1. The van der Waals surface area contributed by atoms with E-state index in [2.05, 4.69) is 15.3 Å². The van der Waals surface area contributed by atoms with Crippen molar-refractivity contribution in [2.45, 2.75) is 50.8 Å². The number of rotatable bonds is 5. The van der Waals surface area contributed by atoms with Crippen LogP contribution in [0.5, 0.6) is 0 Å². The van der Waals surface area contributed by atoms with Crippen LogP contribution in [0.3, 0.4) is 0 Å². The van der Waals surface area contributed by atoms with Gasteiger partial charge in [0.2, 0.25) is 5.91 Å². The van der Waals surface area contributed by atoms with Crippen LogP contribution in [0.25, 0.3) is 0 Å². The van der Waals surface area contributed by atoms with Crippen LogP contribution in [-0.2, 0) is 16.8 Å². The van der Waals surface area contributed by atoms with Crippen molar-refractivity contribution in [2.24, 2.45) is 5.92 Å². The van der Waals surface area contributed by atoms with Gasteiger partial charge in [0.25, 0.3) is 0 Å². The van der Waals surface area contributed by atoms with Gasteiger partial charge in [-0.1, -0.05) is 0 Å². The fourth-order valence-corrected chi connectivity index (χ4v) is 3.33. The quantitative estimate of drug-likeness (QED) is 0.863. The van der Waals surface area contributed by atoms with E-state index in [1.54, 1.807) is 26.4 Å². The van der Waals surface area contributed by atoms with E-state index in [0.29, 0.717) is 18.5 Å². The average Bonchev–Trinajstić information content (AvgIpc) is 3.18. The van der Waals surface area contributed by atoms with Crippen LogP contribution in [0.15, 0.2) is 37.1 Å². The van der Waals surface area contributed by atoms with Crippen LogP contribution in [0.4, 0.5) is 4.39 Å². The van der Waals surface area contributed by atoms with Crippen molar-refractivity contribution in [1.82, 2.24) is 19.9 Å². The van der Waals surface area contributed by atoms with Crippen LogP contribution < -0.4 is 5.32 Å². The number of nitrogens with one attached hydrogen (secondary N) is 1. The van der Waals surface area contributed by atoms with Crippen LogP contribution >= 0.6 is 0 Å². The molecule has 25 heavy (non-hydrogen) atoms.